The van der Waals surface area contributed by atoms with E-state index in [1.54, 1.807) is 41.3 Å². The number of rotatable bonds is 6. The quantitative estimate of drug-likeness (QED) is 0.683. The van der Waals surface area contributed by atoms with Crippen molar-refractivity contribution in [3.63, 3.8) is 0 Å². The second-order valence-electron chi connectivity index (χ2n) is 7.01. The van der Waals surface area contributed by atoms with Crippen molar-refractivity contribution in [3.05, 3.63) is 64.7 Å². The molecule has 0 unspecified atom stereocenters. The van der Waals surface area contributed by atoms with Gasteiger partial charge >= 0.3 is 0 Å². The Bertz CT molecular complexity index is 1020. The first-order valence-electron chi connectivity index (χ1n) is 9.38. The maximum Gasteiger partial charge on any atom is 0.255 e. The van der Waals surface area contributed by atoms with E-state index in [1.165, 1.54) is 12.1 Å². The number of hydrogen-bond acceptors (Lipinski definition) is 5. The van der Waals surface area contributed by atoms with Crippen LogP contribution in [0.1, 0.15) is 15.9 Å². The van der Waals surface area contributed by atoms with Gasteiger partial charge in [0.2, 0.25) is 15.9 Å². The lowest BCUT2D eigenvalue weighted by Gasteiger charge is -2.34. The van der Waals surface area contributed by atoms with Gasteiger partial charge in [0.05, 0.1) is 22.0 Å². The van der Waals surface area contributed by atoms with Gasteiger partial charge in [-0.15, -0.1) is 0 Å². The molecule has 0 aliphatic carbocycles. The Morgan fingerprint density at radius 3 is 2.23 bits per heavy atom. The van der Waals surface area contributed by atoms with Gasteiger partial charge in [0.1, 0.15) is 0 Å². The molecule has 8 nitrogen and oxygen atoms in total. The maximum atomic E-state index is 12.6. The van der Waals surface area contributed by atoms with Gasteiger partial charge in [-0.3, -0.25) is 14.5 Å². The zero-order chi connectivity index (χ0) is 21.7. The average molecular weight is 451 g/mol. The second-order valence-corrected chi connectivity index (χ2v) is 8.98. The monoisotopic (exact) mass is 450 g/mol. The summed E-state index contributed by atoms with van der Waals surface area (Å²) in [5.41, 5.74) is 1.25. The van der Waals surface area contributed by atoms with Crippen LogP contribution >= 0.6 is 11.6 Å². The summed E-state index contributed by atoms with van der Waals surface area (Å²) in [6, 6.07) is 13.0. The topological polar surface area (TPSA) is 113 Å². The molecule has 3 rings (SSSR count). The number of sulfonamides is 1. The summed E-state index contributed by atoms with van der Waals surface area (Å²) in [5.74, 6) is -0.246. The Hall–Kier alpha value is -2.46. The third kappa shape index (κ3) is 5.79. The third-order valence-corrected chi connectivity index (χ3v) is 6.13. The van der Waals surface area contributed by atoms with Crippen LogP contribution in [0.2, 0.25) is 5.02 Å². The van der Waals surface area contributed by atoms with Gasteiger partial charge in [0.15, 0.2) is 0 Å². The molecule has 3 N–H and O–H groups in total. The number of piperazine rings is 1. The molecule has 160 valence electrons. The first-order valence-corrected chi connectivity index (χ1v) is 11.3. The van der Waals surface area contributed by atoms with E-state index < -0.39 is 10.0 Å². The van der Waals surface area contributed by atoms with E-state index in [9.17, 15) is 18.0 Å². The second kappa shape index (κ2) is 9.57. The zero-order valence-electron chi connectivity index (χ0n) is 16.3. The van der Waals surface area contributed by atoms with Gasteiger partial charge in [-0.25, -0.2) is 13.6 Å². The molecule has 0 atom stereocenters. The Morgan fingerprint density at radius 1 is 1.00 bits per heavy atom. The lowest BCUT2D eigenvalue weighted by molar-refractivity contribution is -0.122. The molecule has 2 aromatic carbocycles. The predicted octanol–water partition coefficient (Wildman–Crippen LogP) is 1.06. The van der Waals surface area contributed by atoms with Crippen molar-refractivity contribution < 1.29 is 18.0 Å². The molecule has 0 spiro atoms. The normalized spacial score (nSPS) is 15.1. The van der Waals surface area contributed by atoms with Gasteiger partial charge in [-0.2, -0.15) is 0 Å². The summed E-state index contributed by atoms with van der Waals surface area (Å²) in [6.45, 7) is 2.73. The molecule has 30 heavy (non-hydrogen) atoms. The standard InChI is InChI=1S/C20H23ClN4O4S/c21-18-4-2-1-3-17(18)20(27)25-11-9-24(10-12-25)14-19(26)23-13-15-5-7-16(8-6-15)30(22,28)29/h1-8H,9-14H2,(H,23,26)(H2,22,28,29). The summed E-state index contributed by atoms with van der Waals surface area (Å²) in [5, 5.41) is 8.31. The van der Waals surface area contributed by atoms with E-state index in [0.717, 1.165) is 5.56 Å². The zero-order valence-corrected chi connectivity index (χ0v) is 17.8. The number of benzene rings is 2. The largest absolute Gasteiger partial charge is 0.351 e. The van der Waals surface area contributed by atoms with Gasteiger partial charge < -0.3 is 10.2 Å². The number of primary sulfonamides is 1. The van der Waals surface area contributed by atoms with Crippen LogP contribution in [0.3, 0.4) is 0 Å². The Kier molecular flexibility index (Phi) is 7.09. The molecule has 0 radical (unpaired) electrons. The molecule has 1 aliphatic rings. The summed E-state index contributed by atoms with van der Waals surface area (Å²) in [7, 11) is -3.73. The number of nitrogens with one attached hydrogen (secondary N) is 1. The highest BCUT2D eigenvalue weighted by atomic mass is 35.5. The smallest absolute Gasteiger partial charge is 0.255 e. The molecule has 1 fully saturated rings. The minimum absolute atomic E-state index is 0.0294. The molecule has 1 heterocycles. The fraction of sp³-hybridized carbons (Fsp3) is 0.300. The van der Waals surface area contributed by atoms with E-state index in [0.29, 0.717) is 36.8 Å². The van der Waals surface area contributed by atoms with Gasteiger partial charge in [0, 0.05) is 32.7 Å². The molecule has 0 saturated carbocycles. The number of nitrogens with two attached hydrogens (primary N) is 1. The van der Waals surface area contributed by atoms with Crippen LogP contribution in [0.25, 0.3) is 0 Å². The van der Waals surface area contributed by atoms with Crippen LogP contribution in [0.15, 0.2) is 53.4 Å². The third-order valence-electron chi connectivity index (χ3n) is 4.87. The lowest BCUT2D eigenvalue weighted by Crippen LogP contribution is -2.51. The summed E-state index contributed by atoms with van der Waals surface area (Å²) < 4.78 is 22.5. The molecule has 0 aromatic heterocycles. The van der Waals surface area contributed by atoms with Gasteiger partial charge in [0.25, 0.3) is 5.91 Å². The maximum absolute atomic E-state index is 12.6. The van der Waals surface area contributed by atoms with Crippen molar-refractivity contribution in [1.82, 2.24) is 15.1 Å². The Morgan fingerprint density at radius 2 is 1.63 bits per heavy atom. The highest BCUT2D eigenvalue weighted by Gasteiger charge is 2.24. The SMILES string of the molecule is NS(=O)(=O)c1ccc(CNC(=O)CN2CCN(C(=O)c3ccccc3Cl)CC2)cc1. The molecule has 2 amide bonds. The molecule has 1 saturated heterocycles. The number of carbonyl (C=O) groups excluding carboxylic acids is 2. The minimum Gasteiger partial charge on any atom is -0.351 e. The highest BCUT2D eigenvalue weighted by molar-refractivity contribution is 7.89. The summed E-state index contributed by atoms with van der Waals surface area (Å²) in [4.78, 5) is 28.6. The van der Waals surface area contributed by atoms with Crippen molar-refractivity contribution in [2.75, 3.05) is 32.7 Å². The van der Waals surface area contributed by atoms with E-state index in [4.69, 9.17) is 16.7 Å². The molecule has 10 heteroatoms. The van der Waals surface area contributed by atoms with Crippen molar-refractivity contribution in [3.8, 4) is 0 Å². The molecule has 2 aromatic rings. The number of amides is 2. The average Bonchev–Trinajstić information content (AvgIpc) is 2.72. The van der Waals surface area contributed by atoms with E-state index >= 15 is 0 Å². The lowest BCUT2D eigenvalue weighted by atomic mass is 10.2. The molecular weight excluding hydrogens is 428 g/mol. The number of nitrogens with zero attached hydrogens (tertiary/aromatic N) is 2. The van der Waals surface area contributed by atoms with Crippen LogP contribution in [-0.4, -0.2) is 62.8 Å². The van der Waals surface area contributed by atoms with Gasteiger partial charge in [-0.05, 0) is 29.8 Å². The van der Waals surface area contributed by atoms with Crippen LogP contribution in [-0.2, 0) is 21.4 Å². The van der Waals surface area contributed by atoms with Crippen LogP contribution in [0.5, 0.6) is 0 Å². The van der Waals surface area contributed by atoms with Crippen LogP contribution in [0.4, 0.5) is 0 Å². The van der Waals surface area contributed by atoms with Crippen LogP contribution in [0, 0.1) is 0 Å². The molecule has 0 bridgehead atoms. The van der Waals surface area contributed by atoms with E-state index in [-0.39, 0.29) is 29.8 Å². The number of hydrogen-bond donors (Lipinski definition) is 2. The van der Waals surface area contributed by atoms with Gasteiger partial charge in [-0.1, -0.05) is 35.9 Å². The van der Waals surface area contributed by atoms with E-state index in [1.807, 2.05) is 4.90 Å². The first kappa shape index (κ1) is 22.2. The fourth-order valence-electron chi connectivity index (χ4n) is 3.17. The minimum atomic E-state index is -3.73. The fourth-order valence-corrected chi connectivity index (χ4v) is 3.90. The van der Waals surface area contributed by atoms with Crippen molar-refractivity contribution >= 4 is 33.4 Å². The highest BCUT2D eigenvalue weighted by Crippen LogP contribution is 2.18. The Labute approximate surface area is 180 Å². The summed E-state index contributed by atoms with van der Waals surface area (Å²) >= 11 is 6.11. The van der Waals surface area contributed by atoms with Crippen molar-refractivity contribution in [2.45, 2.75) is 11.4 Å². The molecule has 1 aliphatic heterocycles. The molecular formula is C20H23ClN4O4S. The number of carbonyl (C=O) groups is 2. The van der Waals surface area contributed by atoms with Crippen LogP contribution < -0.4 is 10.5 Å². The predicted molar refractivity (Wildman–Crippen MR) is 113 cm³/mol. The van der Waals surface area contributed by atoms with Crippen molar-refractivity contribution in [2.24, 2.45) is 5.14 Å². The van der Waals surface area contributed by atoms with Crippen molar-refractivity contribution in [1.29, 1.82) is 0 Å². The summed E-state index contributed by atoms with van der Waals surface area (Å²) in [6.07, 6.45) is 0. The number of halogens is 1. The first-order chi connectivity index (χ1) is 14.2. The Balaban J connectivity index is 1.44. The van der Waals surface area contributed by atoms with E-state index in [2.05, 4.69) is 5.32 Å².